The summed E-state index contributed by atoms with van der Waals surface area (Å²) in [5.74, 6) is -0.740. The van der Waals surface area contributed by atoms with Gasteiger partial charge in [-0.05, 0) is 17.7 Å². The molecule has 0 saturated carbocycles. The van der Waals surface area contributed by atoms with E-state index in [1.54, 1.807) is 37.6 Å². The van der Waals surface area contributed by atoms with Crippen LogP contribution in [0.2, 0.25) is 0 Å². The molecule has 0 radical (unpaired) electrons. The van der Waals surface area contributed by atoms with Crippen molar-refractivity contribution < 1.29 is 14.0 Å². The highest BCUT2D eigenvalue weighted by Gasteiger charge is 2.13. The maximum atomic E-state index is 13.0. The van der Waals surface area contributed by atoms with E-state index in [1.165, 1.54) is 34.8 Å². The number of nitrogens with zero attached hydrogens (tertiary/aromatic N) is 2. The van der Waals surface area contributed by atoms with Crippen molar-refractivity contribution in [3.05, 3.63) is 57.8 Å². The second-order valence-corrected chi connectivity index (χ2v) is 8.42. The number of amides is 2. The molecular weight excluding hydrogens is 399 g/mol. The molecule has 0 spiro atoms. The number of anilines is 2. The van der Waals surface area contributed by atoms with Crippen LogP contribution in [0.3, 0.4) is 0 Å². The maximum absolute atomic E-state index is 13.0. The fraction of sp³-hybridized carbons (Fsp3) is 0.263. The molecule has 0 unspecified atom stereocenters. The Kier molecular flexibility index (Phi) is 6.48. The zero-order chi connectivity index (χ0) is 20.1. The molecule has 2 N–H and O–H groups in total. The first-order valence-electron chi connectivity index (χ1n) is 8.63. The van der Waals surface area contributed by atoms with Gasteiger partial charge in [0.05, 0.1) is 12.1 Å². The van der Waals surface area contributed by atoms with Gasteiger partial charge in [0.15, 0.2) is 10.3 Å². The number of nitrogens with one attached hydrogen (secondary N) is 2. The van der Waals surface area contributed by atoms with Gasteiger partial charge in [0, 0.05) is 28.8 Å². The van der Waals surface area contributed by atoms with E-state index in [9.17, 15) is 14.0 Å². The molecule has 2 aromatic heterocycles. The van der Waals surface area contributed by atoms with Crippen molar-refractivity contribution in [3.63, 3.8) is 0 Å². The number of carbonyl (C=O) groups excluding carboxylic acids is 2. The van der Waals surface area contributed by atoms with Gasteiger partial charge < -0.3 is 10.6 Å². The monoisotopic (exact) mass is 418 g/mol. The van der Waals surface area contributed by atoms with Crippen molar-refractivity contribution in [1.29, 1.82) is 0 Å². The van der Waals surface area contributed by atoms with E-state index >= 15 is 0 Å². The number of hydrogen-bond donors (Lipinski definition) is 2. The summed E-state index contributed by atoms with van der Waals surface area (Å²) >= 11 is 2.66. The third kappa shape index (κ3) is 5.67. The van der Waals surface area contributed by atoms with Crippen LogP contribution in [0.5, 0.6) is 0 Å². The zero-order valence-electron chi connectivity index (χ0n) is 15.4. The standard InChI is InChI=1S/C19H19FN4O2S2/c1-11(2)17(26)24-19-22-14(10-27-19)8-16(25)23-18-21-9-15(28-18)7-12-3-5-13(20)6-4-12/h3-6,9-11H,7-8H2,1-2H3,(H,21,23,25)(H,22,24,26). The molecule has 1 aromatic carbocycles. The van der Waals surface area contributed by atoms with Crippen LogP contribution in [0.4, 0.5) is 14.7 Å². The Morgan fingerprint density at radius 2 is 1.89 bits per heavy atom. The van der Waals surface area contributed by atoms with Crippen LogP contribution in [0.15, 0.2) is 35.8 Å². The van der Waals surface area contributed by atoms with E-state index in [0.717, 1.165) is 10.4 Å². The first-order chi connectivity index (χ1) is 13.4. The van der Waals surface area contributed by atoms with Crippen molar-refractivity contribution in [3.8, 4) is 0 Å². The predicted octanol–water partition coefficient (Wildman–Crippen LogP) is 4.11. The van der Waals surface area contributed by atoms with Gasteiger partial charge in [0.25, 0.3) is 0 Å². The van der Waals surface area contributed by atoms with E-state index < -0.39 is 0 Å². The van der Waals surface area contributed by atoms with E-state index in [-0.39, 0.29) is 30.0 Å². The van der Waals surface area contributed by atoms with Crippen molar-refractivity contribution in [1.82, 2.24) is 9.97 Å². The lowest BCUT2D eigenvalue weighted by atomic mass is 10.1. The smallest absolute Gasteiger partial charge is 0.232 e. The molecule has 0 bridgehead atoms. The zero-order valence-corrected chi connectivity index (χ0v) is 17.0. The third-order valence-corrected chi connectivity index (χ3v) is 5.46. The average Bonchev–Trinajstić information content (AvgIpc) is 3.26. The molecule has 2 heterocycles. The molecule has 146 valence electrons. The van der Waals surface area contributed by atoms with E-state index in [0.29, 0.717) is 22.4 Å². The normalized spacial score (nSPS) is 10.9. The van der Waals surface area contributed by atoms with Crippen LogP contribution in [-0.4, -0.2) is 21.8 Å². The Balaban J connectivity index is 1.53. The first kappa shape index (κ1) is 20.1. The summed E-state index contributed by atoms with van der Waals surface area (Å²) in [5.41, 5.74) is 1.56. The van der Waals surface area contributed by atoms with Crippen LogP contribution in [-0.2, 0) is 22.4 Å². The van der Waals surface area contributed by atoms with Gasteiger partial charge in [-0.3, -0.25) is 9.59 Å². The van der Waals surface area contributed by atoms with Gasteiger partial charge in [0.2, 0.25) is 11.8 Å². The minimum Gasteiger partial charge on any atom is -0.302 e. The lowest BCUT2D eigenvalue weighted by Crippen LogP contribution is -2.18. The highest BCUT2D eigenvalue weighted by atomic mass is 32.1. The van der Waals surface area contributed by atoms with Crippen molar-refractivity contribution in [2.45, 2.75) is 26.7 Å². The minimum atomic E-state index is -0.269. The Bertz CT molecular complexity index is 966. The summed E-state index contributed by atoms with van der Waals surface area (Å²) in [7, 11) is 0. The number of carbonyl (C=O) groups is 2. The summed E-state index contributed by atoms with van der Waals surface area (Å²) in [4.78, 5) is 33.3. The Hall–Kier alpha value is -2.65. The van der Waals surface area contributed by atoms with Crippen LogP contribution >= 0.6 is 22.7 Å². The molecule has 28 heavy (non-hydrogen) atoms. The Morgan fingerprint density at radius 1 is 1.14 bits per heavy atom. The number of thiazole rings is 2. The molecule has 0 aliphatic carbocycles. The van der Waals surface area contributed by atoms with Crippen molar-refractivity contribution in [2.75, 3.05) is 10.6 Å². The number of halogens is 1. The van der Waals surface area contributed by atoms with E-state index in [2.05, 4.69) is 20.6 Å². The Labute approximate surface area is 169 Å². The molecule has 6 nitrogen and oxygen atoms in total. The van der Waals surface area contributed by atoms with Crippen LogP contribution in [0.25, 0.3) is 0 Å². The molecule has 3 rings (SSSR count). The van der Waals surface area contributed by atoms with Gasteiger partial charge >= 0.3 is 0 Å². The van der Waals surface area contributed by atoms with Gasteiger partial charge in [-0.15, -0.1) is 22.7 Å². The average molecular weight is 419 g/mol. The lowest BCUT2D eigenvalue weighted by Gasteiger charge is -2.03. The van der Waals surface area contributed by atoms with Crippen LogP contribution < -0.4 is 10.6 Å². The number of aromatic nitrogens is 2. The quantitative estimate of drug-likeness (QED) is 0.605. The van der Waals surface area contributed by atoms with Gasteiger partial charge in [0.1, 0.15) is 5.82 Å². The van der Waals surface area contributed by atoms with Crippen molar-refractivity contribution in [2.24, 2.45) is 5.92 Å². The molecule has 0 fully saturated rings. The second kappa shape index (κ2) is 9.03. The number of rotatable bonds is 7. The topological polar surface area (TPSA) is 84.0 Å². The summed E-state index contributed by atoms with van der Waals surface area (Å²) in [6.07, 6.45) is 2.42. The van der Waals surface area contributed by atoms with E-state index in [4.69, 9.17) is 0 Å². The third-order valence-electron chi connectivity index (χ3n) is 3.74. The number of benzene rings is 1. The highest BCUT2D eigenvalue weighted by Crippen LogP contribution is 2.22. The van der Waals surface area contributed by atoms with Gasteiger partial charge in [-0.1, -0.05) is 26.0 Å². The first-order valence-corrected chi connectivity index (χ1v) is 10.3. The highest BCUT2D eigenvalue weighted by molar-refractivity contribution is 7.15. The molecule has 0 atom stereocenters. The molecule has 0 aliphatic rings. The molecule has 9 heteroatoms. The van der Waals surface area contributed by atoms with Crippen LogP contribution in [0.1, 0.15) is 30.0 Å². The SMILES string of the molecule is CC(C)C(=O)Nc1nc(CC(=O)Nc2ncc(Cc3ccc(F)cc3)s2)cs1. The molecule has 2 amide bonds. The van der Waals surface area contributed by atoms with Gasteiger partial charge in [-0.2, -0.15) is 0 Å². The molecule has 3 aromatic rings. The fourth-order valence-electron chi connectivity index (χ4n) is 2.27. The molecule has 0 saturated heterocycles. The predicted molar refractivity (Wildman–Crippen MR) is 109 cm³/mol. The summed E-state index contributed by atoms with van der Waals surface area (Å²) in [5, 5.41) is 8.21. The largest absolute Gasteiger partial charge is 0.302 e. The second-order valence-electron chi connectivity index (χ2n) is 6.45. The fourth-order valence-corrected chi connectivity index (χ4v) is 3.85. The molecule has 0 aliphatic heterocycles. The lowest BCUT2D eigenvalue weighted by molar-refractivity contribution is -0.119. The van der Waals surface area contributed by atoms with E-state index in [1.807, 2.05) is 0 Å². The minimum absolute atomic E-state index is 0.0981. The van der Waals surface area contributed by atoms with Crippen molar-refractivity contribution >= 4 is 44.8 Å². The maximum Gasteiger partial charge on any atom is 0.232 e. The Morgan fingerprint density at radius 3 is 2.61 bits per heavy atom. The summed E-state index contributed by atoms with van der Waals surface area (Å²) < 4.78 is 13.0. The summed E-state index contributed by atoms with van der Waals surface area (Å²) in [6, 6.07) is 6.30. The van der Waals surface area contributed by atoms with Gasteiger partial charge in [-0.25, -0.2) is 14.4 Å². The summed E-state index contributed by atoms with van der Waals surface area (Å²) in [6.45, 7) is 3.60. The van der Waals surface area contributed by atoms with Crippen LogP contribution in [0, 0.1) is 11.7 Å². The molecular formula is C19H19FN4O2S2. The number of hydrogen-bond acceptors (Lipinski definition) is 6.